The zero-order valence-corrected chi connectivity index (χ0v) is 19.0. The molecule has 7 nitrogen and oxygen atoms in total. The molecule has 4 aromatic rings. The van der Waals surface area contributed by atoms with E-state index in [1.165, 1.54) is 11.1 Å². The van der Waals surface area contributed by atoms with E-state index >= 15 is 0 Å². The molecular weight excluding hydrogens is 430 g/mol. The molecule has 0 unspecified atom stereocenters. The Hall–Kier alpha value is -3.58. The smallest absolute Gasteiger partial charge is 0.335 e. The highest BCUT2D eigenvalue weighted by Gasteiger charge is 2.23. The largest absolute Gasteiger partial charge is 0.478 e. The molecule has 0 radical (unpaired) electrons. The quantitative estimate of drug-likeness (QED) is 0.269. The first-order chi connectivity index (χ1) is 16.5. The van der Waals surface area contributed by atoms with E-state index in [0.29, 0.717) is 17.0 Å². The summed E-state index contributed by atoms with van der Waals surface area (Å²) >= 11 is 0. The van der Waals surface area contributed by atoms with Crippen LogP contribution >= 0.6 is 0 Å². The number of rotatable bonds is 8. The minimum Gasteiger partial charge on any atom is -0.478 e. The Kier molecular flexibility index (Phi) is 6.11. The second-order valence-electron chi connectivity index (χ2n) is 9.26. The van der Waals surface area contributed by atoms with Gasteiger partial charge in [0.05, 0.1) is 11.1 Å². The standard InChI is InChI=1S/C27H29N3O4/c31-26(32)18-4-6-24-21(13-18)20(15-28-24)3-1-2-10-30-11-8-17(9-12-30)23-16-29-25-7-5-19(27(33)34)14-22(23)25/h4-7,13-17,28-29H,1-3,8-12H2,(H,31,32)(H,33,34). The van der Waals surface area contributed by atoms with Gasteiger partial charge in [0.2, 0.25) is 0 Å². The van der Waals surface area contributed by atoms with Gasteiger partial charge < -0.3 is 25.1 Å². The molecule has 3 heterocycles. The number of aromatic amines is 2. The number of likely N-dealkylation sites (tertiary alicyclic amines) is 1. The van der Waals surface area contributed by atoms with Crippen molar-refractivity contribution in [2.24, 2.45) is 0 Å². The molecule has 176 valence electrons. The van der Waals surface area contributed by atoms with E-state index in [0.717, 1.165) is 73.5 Å². The van der Waals surface area contributed by atoms with E-state index in [4.69, 9.17) is 0 Å². The number of hydrogen-bond acceptors (Lipinski definition) is 3. The predicted molar refractivity (Wildman–Crippen MR) is 132 cm³/mol. The van der Waals surface area contributed by atoms with Crippen LogP contribution in [0.5, 0.6) is 0 Å². The van der Waals surface area contributed by atoms with Gasteiger partial charge in [-0.15, -0.1) is 0 Å². The van der Waals surface area contributed by atoms with Crippen molar-refractivity contribution in [3.05, 3.63) is 71.0 Å². The van der Waals surface area contributed by atoms with Gasteiger partial charge in [-0.05, 0) is 105 Å². The molecule has 2 aromatic heterocycles. The van der Waals surface area contributed by atoms with Crippen molar-refractivity contribution in [2.75, 3.05) is 19.6 Å². The van der Waals surface area contributed by atoms with Crippen LogP contribution in [0, 0.1) is 0 Å². The van der Waals surface area contributed by atoms with Crippen molar-refractivity contribution in [1.29, 1.82) is 0 Å². The van der Waals surface area contributed by atoms with Crippen molar-refractivity contribution >= 4 is 33.7 Å². The number of fused-ring (bicyclic) bond motifs is 2. The highest BCUT2D eigenvalue weighted by Crippen LogP contribution is 2.33. The van der Waals surface area contributed by atoms with Crippen LogP contribution < -0.4 is 0 Å². The Morgan fingerprint density at radius 1 is 0.853 bits per heavy atom. The molecule has 0 amide bonds. The van der Waals surface area contributed by atoms with Gasteiger partial charge in [-0.1, -0.05) is 0 Å². The average molecular weight is 460 g/mol. The third kappa shape index (κ3) is 4.43. The van der Waals surface area contributed by atoms with Crippen LogP contribution in [0.25, 0.3) is 21.8 Å². The van der Waals surface area contributed by atoms with Gasteiger partial charge in [-0.25, -0.2) is 9.59 Å². The summed E-state index contributed by atoms with van der Waals surface area (Å²) in [5, 5.41) is 20.6. The van der Waals surface area contributed by atoms with Gasteiger partial charge in [0.15, 0.2) is 0 Å². The Balaban J connectivity index is 1.13. The van der Waals surface area contributed by atoms with E-state index in [2.05, 4.69) is 14.9 Å². The summed E-state index contributed by atoms with van der Waals surface area (Å²) in [7, 11) is 0. The van der Waals surface area contributed by atoms with Gasteiger partial charge in [-0.2, -0.15) is 0 Å². The molecule has 5 rings (SSSR count). The highest BCUT2D eigenvalue weighted by molar-refractivity contribution is 5.95. The first-order valence-corrected chi connectivity index (χ1v) is 11.9. The van der Waals surface area contributed by atoms with Crippen LogP contribution in [0.1, 0.15) is 63.4 Å². The van der Waals surface area contributed by atoms with E-state index in [1.54, 1.807) is 24.3 Å². The van der Waals surface area contributed by atoms with Crippen molar-refractivity contribution in [1.82, 2.24) is 14.9 Å². The van der Waals surface area contributed by atoms with Crippen LogP contribution in [0.4, 0.5) is 0 Å². The summed E-state index contributed by atoms with van der Waals surface area (Å²) < 4.78 is 0. The molecular formula is C27H29N3O4. The maximum Gasteiger partial charge on any atom is 0.335 e. The Morgan fingerprint density at radius 2 is 1.47 bits per heavy atom. The number of aromatic nitrogens is 2. The molecule has 0 bridgehead atoms. The van der Waals surface area contributed by atoms with Crippen LogP contribution in [0.15, 0.2) is 48.8 Å². The molecule has 0 atom stereocenters. The Morgan fingerprint density at radius 3 is 2.15 bits per heavy atom. The SMILES string of the molecule is O=C(O)c1ccc2[nH]cc(CCCCN3CCC(c4c[nH]c5ccc(C(=O)O)cc45)CC3)c2c1. The maximum absolute atomic E-state index is 11.4. The lowest BCUT2D eigenvalue weighted by Gasteiger charge is -2.32. The van der Waals surface area contributed by atoms with Crippen LogP contribution in [0.3, 0.4) is 0 Å². The van der Waals surface area contributed by atoms with Crippen LogP contribution in [0.2, 0.25) is 0 Å². The summed E-state index contributed by atoms with van der Waals surface area (Å²) in [5.41, 5.74) is 5.05. The number of unbranched alkanes of at least 4 members (excludes halogenated alkanes) is 1. The normalized spacial score (nSPS) is 15.3. The van der Waals surface area contributed by atoms with E-state index < -0.39 is 11.9 Å². The molecule has 1 fully saturated rings. The number of hydrogen-bond donors (Lipinski definition) is 4. The third-order valence-electron chi connectivity index (χ3n) is 7.17. The Labute approximate surface area is 197 Å². The van der Waals surface area contributed by atoms with E-state index in [9.17, 15) is 19.8 Å². The number of carboxylic acids is 2. The van der Waals surface area contributed by atoms with Crippen molar-refractivity contribution in [2.45, 2.75) is 38.0 Å². The lowest BCUT2D eigenvalue weighted by atomic mass is 9.88. The summed E-state index contributed by atoms with van der Waals surface area (Å²) in [6, 6.07) is 10.5. The van der Waals surface area contributed by atoms with E-state index in [-0.39, 0.29) is 0 Å². The van der Waals surface area contributed by atoms with Gasteiger partial charge in [0.1, 0.15) is 0 Å². The lowest BCUT2D eigenvalue weighted by Crippen LogP contribution is -2.33. The topological polar surface area (TPSA) is 109 Å². The summed E-state index contributed by atoms with van der Waals surface area (Å²) in [4.78, 5) is 31.7. The molecule has 1 aliphatic rings. The van der Waals surface area contributed by atoms with Crippen LogP contribution in [-0.2, 0) is 6.42 Å². The van der Waals surface area contributed by atoms with Crippen molar-refractivity contribution in [3.63, 3.8) is 0 Å². The molecule has 0 spiro atoms. The molecule has 1 saturated heterocycles. The van der Waals surface area contributed by atoms with Gasteiger partial charge >= 0.3 is 11.9 Å². The van der Waals surface area contributed by atoms with Crippen molar-refractivity contribution < 1.29 is 19.8 Å². The highest BCUT2D eigenvalue weighted by atomic mass is 16.4. The number of nitrogens with zero attached hydrogens (tertiary/aromatic N) is 1. The summed E-state index contributed by atoms with van der Waals surface area (Å²) in [6.07, 6.45) is 9.29. The van der Waals surface area contributed by atoms with Crippen molar-refractivity contribution in [3.8, 4) is 0 Å². The predicted octanol–water partition coefficient (Wildman–Crippen LogP) is 5.25. The summed E-state index contributed by atoms with van der Waals surface area (Å²) in [5.74, 6) is -1.34. The molecule has 2 aromatic carbocycles. The van der Waals surface area contributed by atoms with E-state index in [1.807, 2.05) is 24.5 Å². The number of carbonyl (C=O) groups is 2. The van der Waals surface area contributed by atoms with Gasteiger partial charge in [0, 0.05) is 34.2 Å². The third-order valence-corrected chi connectivity index (χ3v) is 7.17. The molecule has 1 aliphatic heterocycles. The van der Waals surface area contributed by atoms with Gasteiger partial charge in [-0.3, -0.25) is 0 Å². The molecule has 34 heavy (non-hydrogen) atoms. The van der Waals surface area contributed by atoms with Gasteiger partial charge in [0.25, 0.3) is 0 Å². The average Bonchev–Trinajstić information content (AvgIpc) is 3.45. The number of benzene rings is 2. The Bertz CT molecular complexity index is 1340. The molecule has 0 saturated carbocycles. The summed E-state index contributed by atoms with van der Waals surface area (Å²) in [6.45, 7) is 3.16. The number of aryl methyl sites for hydroxylation is 1. The molecule has 7 heteroatoms. The fourth-order valence-corrected chi connectivity index (χ4v) is 5.25. The number of H-pyrrole nitrogens is 2. The number of carboxylic acid groups (broad SMARTS) is 2. The first kappa shape index (κ1) is 22.2. The van der Waals surface area contributed by atoms with Crippen LogP contribution in [-0.4, -0.2) is 56.7 Å². The number of piperidine rings is 1. The zero-order chi connectivity index (χ0) is 23.7. The molecule has 4 N–H and O–H groups in total. The monoisotopic (exact) mass is 459 g/mol. The maximum atomic E-state index is 11.4. The second-order valence-corrected chi connectivity index (χ2v) is 9.26. The first-order valence-electron chi connectivity index (χ1n) is 11.9. The molecule has 0 aliphatic carbocycles. The number of nitrogens with one attached hydrogen (secondary N) is 2. The number of aromatic carboxylic acids is 2. The fourth-order valence-electron chi connectivity index (χ4n) is 5.25. The lowest BCUT2D eigenvalue weighted by molar-refractivity contribution is 0.0686. The minimum absolute atomic E-state index is 0.325. The fraction of sp³-hybridized carbons (Fsp3) is 0.333. The second kappa shape index (κ2) is 9.35. The minimum atomic E-state index is -0.896. The zero-order valence-electron chi connectivity index (χ0n) is 19.0.